The number of halogens is 1. The highest BCUT2D eigenvalue weighted by atomic mass is 35.5. The first-order chi connectivity index (χ1) is 10.7. The number of carbonyl (C=O) groups excluding carboxylic acids is 2. The third-order valence-corrected chi connectivity index (χ3v) is 5.01. The Kier molecular flexibility index (Phi) is 4.41. The van der Waals surface area contributed by atoms with Crippen molar-refractivity contribution >= 4 is 35.0 Å². The Morgan fingerprint density at radius 2 is 1.91 bits per heavy atom. The molecule has 3 saturated heterocycles. The van der Waals surface area contributed by atoms with Crippen LogP contribution in [0.25, 0.3) is 10.9 Å². The molecule has 23 heavy (non-hydrogen) atoms. The number of amides is 1. The number of rotatable bonds is 3. The molecule has 2 aromatic rings. The standard InChI is InChI=1S/C17H19N3O2.ClH/c21-16(13-9-18-14-4-2-1-3-12(13)14)17(22)19-15-10-20-7-5-11(15)6-8-20;/h1-4,9,11,15,18H,5-8,10H2,(H,19,22);1H. The lowest BCUT2D eigenvalue weighted by molar-refractivity contribution is -0.119. The highest BCUT2D eigenvalue weighted by Gasteiger charge is 2.36. The Hall–Kier alpha value is -1.85. The second-order valence-corrected chi connectivity index (χ2v) is 6.30. The molecular formula is C17H20ClN3O2. The van der Waals surface area contributed by atoms with E-state index >= 15 is 0 Å². The van der Waals surface area contributed by atoms with Gasteiger partial charge in [-0.1, -0.05) is 18.2 Å². The molecule has 2 bridgehead atoms. The van der Waals surface area contributed by atoms with E-state index < -0.39 is 11.7 Å². The van der Waals surface area contributed by atoms with Crippen LogP contribution in [0.15, 0.2) is 30.5 Å². The minimum absolute atomic E-state index is 0. The van der Waals surface area contributed by atoms with E-state index in [2.05, 4.69) is 15.2 Å². The first-order valence-electron chi connectivity index (χ1n) is 7.86. The highest BCUT2D eigenvalue weighted by molar-refractivity contribution is 6.45. The van der Waals surface area contributed by atoms with Gasteiger partial charge in [0.15, 0.2) is 0 Å². The number of ketones is 1. The van der Waals surface area contributed by atoms with Crippen molar-refractivity contribution in [2.45, 2.75) is 18.9 Å². The van der Waals surface area contributed by atoms with Crippen LogP contribution < -0.4 is 5.32 Å². The molecule has 122 valence electrons. The van der Waals surface area contributed by atoms with E-state index in [-0.39, 0.29) is 18.4 Å². The molecular weight excluding hydrogens is 314 g/mol. The Balaban J connectivity index is 0.00000156. The first kappa shape index (κ1) is 16.0. The van der Waals surface area contributed by atoms with Crippen molar-refractivity contribution < 1.29 is 9.59 Å². The van der Waals surface area contributed by atoms with Crippen molar-refractivity contribution in [3.63, 3.8) is 0 Å². The van der Waals surface area contributed by atoms with Gasteiger partial charge in [0.25, 0.3) is 11.7 Å². The molecule has 1 aromatic heterocycles. The van der Waals surface area contributed by atoms with Crippen molar-refractivity contribution in [2.24, 2.45) is 5.92 Å². The number of fused-ring (bicyclic) bond motifs is 4. The molecule has 1 aromatic carbocycles. The number of H-pyrrole nitrogens is 1. The van der Waals surface area contributed by atoms with E-state index in [1.54, 1.807) is 6.20 Å². The Morgan fingerprint density at radius 1 is 1.17 bits per heavy atom. The van der Waals surface area contributed by atoms with Gasteiger partial charge in [-0.15, -0.1) is 12.4 Å². The lowest BCUT2D eigenvalue weighted by Crippen LogP contribution is -2.58. The number of aromatic nitrogens is 1. The zero-order chi connectivity index (χ0) is 15.1. The molecule has 1 unspecified atom stereocenters. The summed E-state index contributed by atoms with van der Waals surface area (Å²) in [5.41, 5.74) is 1.33. The summed E-state index contributed by atoms with van der Waals surface area (Å²) < 4.78 is 0. The number of hydrogen-bond acceptors (Lipinski definition) is 3. The Bertz CT molecular complexity index is 734. The van der Waals surface area contributed by atoms with Crippen molar-refractivity contribution in [3.05, 3.63) is 36.0 Å². The van der Waals surface area contributed by atoms with Crippen LogP contribution in [0.1, 0.15) is 23.2 Å². The number of para-hydroxylation sites is 1. The number of carbonyl (C=O) groups is 2. The van der Waals surface area contributed by atoms with Gasteiger partial charge in [-0.2, -0.15) is 0 Å². The summed E-state index contributed by atoms with van der Waals surface area (Å²) in [6, 6.07) is 7.65. The average Bonchev–Trinajstić information content (AvgIpc) is 2.99. The summed E-state index contributed by atoms with van der Waals surface area (Å²) in [5.74, 6) is -0.415. The van der Waals surface area contributed by atoms with E-state index in [1.165, 1.54) is 0 Å². The number of piperidine rings is 3. The lowest BCUT2D eigenvalue weighted by atomic mass is 9.84. The second kappa shape index (κ2) is 6.34. The fourth-order valence-corrected chi connectivity index (χ4v) is 3.74. The van der Waals surface area contributed by atoms with Gasteiger partial charge in [-0.3, -0.25) is 9.59 Å². The van der Waals surface area contributed by atoms with Crippen LogP contribution in [0.4, 0.5) is 0 Å². The monoisotopic (exact) mass is 333 g/mol. The molecule has 5 nitrogen and oxygen atoms in total. The van der Waals surface area contributed by atoms with E-state index in [4.69, 9.17) is 0 Å². The van der Waals surface area contributed by atoms with Gasteiger partial charge < -0.3 is 15.2 Å². The number of nitrogens with one attached hydrogen (secondary N) is 2. The number of aromatic amines is 1. The Labute approximate surface area is 140 Å². The smallest absolute Gasteiger partial charge is 0.292 e. The molecule has 3 fully saturated rings. The fraction of sp³-hybridized carbons (Fsp3) is 0.412. The highest BCUT2D eigenvalue weighted by Crippen LogP contribution is 2.27. The molecule has 3 aliphatic heterocycles. The first-order valence-corrected chi connectivity index (χ1v) is 7.86. The molecule has 6 heteroatoms. The minimum Gasteiger partial charge on any atom is -0.360 e. The van der Waals surface area contributed by atoms with Gasteiger partial charge in [0.05, 0.1) is 5.56 Å². The van der Waals surface area contributed by atoms with Crippen LogP contribution >= 0.6 is 12.4 Å². The van der Waals surface area contributed by atoms with Gasteiger partial charge >= 0.3 is 0 Å². The number of hydrogen-bond donors (Lipinski definition) is 2. The maximum Gasteiger partial charge on any atom is 0.292 e. The van der Waals surface area contributed by atoms with Crippen LogP contribution in [0.5, 0.6) is 0 Å². The quantitative estimate of drug-likeness (QED) is 0.667. The Morgan fingerprint density at radius 3 is 2.61 bits per heavy atom. The normalized spacial score (nSPS) is 25.8. The molecule has 0 radical (unpaired) electrons. The molecule has 0 aliphatic carbocycles. The van der Waals surface area contributed by atoms with Crippen molar-refractivity contribution in [2.75, 3.05) is 19.6 Å². The van der Waals surface area contributed by atoms with Crippen LogP contribution in [0, 0.1) is 5.92 Å². The summed E-state index contributed by atoms with van der Waals surface area (Å²) in [4.78, 5) is 30.2. The van der Waals surface area contributed by atoms with E-state index in [9.17, 15) is 9.59 Å². The van der Waals surface area contributed by atoms with Crippen molar-refractivity contribution in [1.29, 1.82) is 0 Å². The maximum atomic E-state index is 12.5. The predicted molar refractivity (Wildman–Crippen MR) is 91.0 cm³/mol. The molecule has 4 heterocycles. The SMILES string of the molecule is Cl.O=C(NC1CN2CCC1CC2)C(=O)c1c[nH]c2ccccc12. The fourth-order valence-electron chi connectivity index (χ4n) is 3.74. The van der Waals surface area contributed by atoms with Crippen molar-refractivity contribution in [1.82, 2.24) is 15.2 Å². The van der Waals surface area contributed by atoms with Crippen molar-refractivity contribution in [3.8, 4) is 0 Å². The second-order valence-electron chi connectivity index (χ2n) is 6.30. The van der Waals surface area contributed by atoms with Crippen LogP contribution in [-0.2, 0) is 4.79 Å². The number of benzene rings is 1. The average molecular weight is 334 g/mol. The minimum atomic E-state index is -0.483. The van der Waals surface area contributed by atoms with Gasteiger partial charge in [0.2, 0.25) is 0 Å². The van der Waals surface area contributed by atoms with E-state index in [1.807, 2.05) is 24.3 Å². The van der Waals surface area contributed by atoms with Gasteiger partial charge in [-0.25, -0.2) is 0 Å². The number of Topliss-reactive ketones (excluding diaryl/α,β-unsaturated/α-hetero) is 1. The van der Waals surface area contributed by atoms with Gasteiger partial charge in [0, 0.05) is 29.7 Å². The molecule has 0 saturated carbocycles. The third kappa shape index (κ3) is 2.86. The summed E-state index contributed by atoms with van der Waals surface area (Å²) in [7, 11) is 0. The van der Waals surface area contributed by atoms with Gasteiger partial charge in [-0.05, 0) is 37.9 Å². The lowest BCUT2D eigenvalue weighted by Gasteiger charge is -2.44. The summed E-state index contributed by atoms with van der Waals surface area (Å²) >= 11 is 0. The summed E-state index contributed by atoms with van der Waals surface area (Å²) in [6.45, 7) is 3.11. The number of nitrogens with zero attached hydrogens (tertiary/aromatic N) is 1. The van der Waals surface area contributed by atoms with Crippen LogP contribution in [0.2, 0.25) is 0 Å². The summed E-state index contributed by atoms with van der Waals surface area (Å²) in [6.07, 6.45) is 3.86. The molecule has 2 N–H and O–H groups in total. The van der Waals surface area contributed by atoms with Crippen LogP contribution in [0.3, 0.4) is 0 Å². The molecule has 0 spiro atoms. The topological polar surface area (TPSA) is 65.2 Å². The molecule has 5 rings (SSSR count). The van der Waals surface area contributed by atoms with Crippen LogP contribution in [-0.4, -0.2) is 47.3 Å². The zero-order valence-corrected chi connectivity index (χ0v) is 13.6. The third-order valence-electron chi connectivity index (χ3n) is 5.01. The predicted octanol–water partition coefficient (Wildman–Crippen LogP) is 1.98. The molecule has 3 aliphatic rings. The summed E-state index contributed by atoms with van der Waals surface area (Å²) in [5, 5.41) is 3.76. The largest absolute Gasteiger partial charge is 0.360 e. The zero-order valence-electron chi connectivity index (χ0n) is 12.7. The molecule has 1 atom stereocenters. The molecule has 1 amide bonds. The maximum absolute atomic E-state index is 12.5. The van der Waals surface area contributed by atoms with E-state index in [0.29, 0.717) is 11.5 Å². The van der Waals surface area contributed by atoms with Gasteiger partial charge in [0.1, 0.15) is 0 Å². The van der Waals surface area contributed by atoms with E-state index in [0.717, 1.165) is 43.4 Å².